The van der Waals surface area contributed by atoms with Crippen molar-refractivity contribution < 1.29 is 0 Å². The Morgan fingerprint density at radius 1 is 1.40 bits per heavy atom. The van der Waals surface area contributed by atoms with Crippen LogP contribution in [0, 0.1) is 6.92 Å². The summed E-state index contributed by atoms with van der Waals surface area (Å²) in [5.41, 5.74) is 7.93. The van der Waals surface area contributed by atoms with Crippen molar-refractivity contribution in [1.82, 2.24) is 4.98 Å². The number of pyridine rings is 1. The molecule has 0 spiro atoms. The zero-order chi connectivity index (χ0) is 10.7. The molecule has 0 amide bonds. The molecule has 2 rings (SSSR count). The Morgan fingerprint density at radius 2 is 2.27 bits per heavy atom. The number of hydrogen-bond acceptors (Lipinski definition) is 4. The van der Waals surface area contributed by atoms with Gasteiger partial charge in [-0.25, -0.2) is 4.98 Å². The van der Waals surface area contributed by atoms with Gasteiger partial charge in [-0.2, -0.15) is 11.8 Å². The van der Waals surface area contributed by atoms with Gasteiger partial charge < -0.3 is 10.6 Å². The largest absolute Gasteiger partial charge is 0.396 e. The van der Waals surface area contributed by atoms with E-state index >= 15 is 0 Å². The van der Waals surface area contributed by atoms with Gasteiger partial charge in [0.2, 0.25) is 0 Å². The number of aromatic nitrogens is 1. The molecule has 2 heterocycles. The predicted molar refractivity (Wildman–Crippen MR) is 67.5 cm³/mol. The average molecular weight is 223 g/mol. The van der Waals surface area contributed by atoms with E-state index in [4.69, 9.17) is 5.73 Å². The average Bonchev–Trinajstić information content (AvgIpc) is 2.46. The molecule has 1 aliphatic heterocycles. The fraction of sp³-hybridized carbons (Fsp3) is 0.545. The van der Waals surface area contributed by atoms with E-state index in [9.17, 15) is 0 Å². The monoisotopic (exact) mass is 223 g/mol. The molecule has 1 aromatic heterocycles. The van der Waals surface area contributed by atoms with Crippen molar-refractivity contribution in [3.63, 3.8) is 0 Å². The van der Waals surface area contributed by atoms with Crippen molar-refractivity contribution >= 4 is 23.3 Å². The summed E-state index contributed by atoms with van der Waals surface area (Å²) in [4.78, 5) is 6.74. The van der Waals surface area contributed by atoms with E-state index in [2.05, 4.69) is 9.88 Å². The number of hydrogen-bond donors (Lipinski definition) is 1. The van der Waals surface area contributed by atoms with Gasteiger partial charge in [0.1, 0.15) is 0 Å². The second-order valence-corrected chi connectivity index (χ2v) is 5.10. The Balaban J connectivity index is 2.19. The highest BCUT2D eigenvalue weighted by atomic mass is 32.2. The number of anilines is 2. The minimum atomic E-state index is 0.807. The Kier molecular flexibility index (Phi) is 3.36. The zero-order valence-electron chi connectivity index (χ0n) is 9.07. The van der Waals surface area contributed by atoms with Gasteiger partial charge in [-0.15, -0.1) is 0 Å². The maximum absolute atomic E-state index is 5.99. The van der Waals surface area contributed by atoms with Crippen molar-refractivity contribution in [1.29, 1.82) is 0 Å². The van der Waals surface area contributed by atoms with Gasteiger partial charge in [-0.1, -0.05) is 0 Å². The standard InChI is InChI=1S/C11H17N3S/c1-9-7-10(12)11(13-8-9)14-3-2-5-15-6-4-14/h7-8H,2-6,12H2,1H3. The van der Waals surface area contributed by atoms with Crippen LogP contribution in [0.25, 0.3) is 0 Å². The molecule has 0 bridgehead atoms. The Bertz CT molecular complexity index is 333. The molecule has 0 atom stereocenters. The summed E-state index contributed by atoms with van der Waals surface area (Å²) in [6.07, 6.45) is 3.11. The first kappa shape index (κ1) is 10.6. The summed E-state index contributed by atoms with van der Waals surface area (Å²) >= 11 is 2.01. The van der Waals surface area contributed by atoms with E-state index in [0.29, 0.717) is 0 Å². The Labute approximate surface area is 95.1 Å². The SMILES string of the molecule is Cc1cnc(N2CCCSCC2)c(N)c1. The predicted octanol–water partition coefficient (Wildman–Crippen LogP) is 1.92. The molecule has 0 aliphatic carbocycles. The van der Waals surface area contributed by atoms with Crippen LogP contribution in [-0.4, -0.2) is 29.6 Å². The molecule has 1 saturated heterocycles. The first-order chi connectivity index (χ1) is 7.27. The van der Waals surface area contributed by atoms with E-state index in [0.717, 1.165) is 30.2 Å². The molecule has 1 fully saturated rings. The van der Waals surface area contributed by atoms with Crippen molar-refractivity contribution in [2.24, 2.45) is 0 Å². The number of rotatable bonds is 1. The first-order valence-electron chi connectivity index (χ1n) is 5.32. The lowest BCUT2D eigenvalue weighted by Gasteiger charge is -2.22. The molecule has 4 heteroatoms. The van der Waals surface area contributed by atoms with Crippen LogP contribution in [0.4, 0.5) is 11.5 Å². The number of nitrogens with zero attached hydrogens (tertiary/aromatic N) is 2. The summed E-state index contributed by atoms with van der Waals surface area (Å²) in [5, 5.41) is 0. The Morgan fingerprint density at radius 3 is 3.07 bits per heavy atom. The van der Waals surface area contributed by atoms with Crippen molar-refractivity contribution in [3.05, 3.63) is 17.8 Å². The molecule has 2 N–H and O–H groups in total. The lowest BCUT2D eigenvalue weighted by atomic mass is 10.2. The van der Waals surface area contributed by atoms with Gasteiger partial charge in [0.25, 0.3) is 0 Å². The molecule has 82 valence electrons. The summed E-state index contributed by atoms with van der Waals surface area (Å²) in [6, 6.07) is 2.00. The van der Waals surface area contributed by atoms with Gasteiger partial charge in [-0.3, -0.25) is 0 Å². The van der Waals surface area contributed by atoms with Gasteiger partial charge in [0.15, 0.2) is 5.82 Å². The molecule has 0 aromatic carbocycles. The highest BCUT2D eigenvalue weighted by Gasteiger charge is 2.13. The maximum atomic E-state index is 5.99. The second-order valence-electron chi connectivity index (χ2n) is 3.88. The van der Waals surface area contributed by atoms with Crippen molar-refractivity contribution in [2.45, 2.75) is 13.3 Å². The molecule has 0 radical (unpaired) electrons. The van der Waals surface area contributed by atoms with E-state index in [1.54, 1.807) is 0 Å². The van der Waals surface area contributed by atoms with Crippen LogP contribution in [-0.2, 0) is 0 Å². The lowest BCUT2D eigenvalue weighted by molar-refractivity contribution is 0.802. The maximum Gasteiger partial charge on any atom is 0.151 e. The molecular formula is C11H17N3S. The zero-order valence-corrected chi connectivity index (χ0v) is 9.89. The topological polar surface area (TPSA) is 42.2 Å². The van der Waals surface area contributed by atoms with Gasteiger partial charge >= 0.3 is 0 Å². The van der Waals surface area contributed by atoms with E-state index < -0.39 is 0 Å². The van der Waals surface area contributed by atoms with E-state index in [1.807, 2.05) is 30.9 Å². The molecule has 0 saturated carbocycles. The number of thioether (sulfide) groups is 1. The third kappa shape index (κ3) is 2.56. The first-order valence-corrected chi connectivity index (χ1v) is 6.47. The quantitative estimate of drug-likeness (QED) is 0.790. The van der Waals surface area contributed by atoms with Gasteiger partial charge in [-0.05, 0) is 30.7 Å². The Hall–Kier alpha value is -0.900. The number of nitrogens with two attached hydrogens (primary N) is 1. The summed E-state index contributed by atoms with van der Waals surface area (Å²) in [7, 11) is 0. The smallest absolute Gasteiger partial charge is 0.151 e. The van der Waals surface area contributed by atoms with Crippen LogP contribution in [0.5, 0.6) is 0 Å². The molecule has 3 nitrogen and oxygen atoms in total. The van der Waals surface area contributed by atoms with Crippen molar-refractivity contribution in [3.8, 4) is 0 Å². The molecule has 1 aromatic rings. The molecule has 1 aliphatic rings. The van der Waals surface area contributed by atoms with Gasteiger partial charge in [0.05, 0.1) is 5.69 Å². The fourth-order valence-corrected chi connectivity index (χ4v) is 2.69. The highest BCUT2D eigenvalue weighted by Crippen LogP contribution is 2.23. The van der Waals surface area contributed by atoms with E-state index in [-0.39, 0.29) is 0 Å². The summed E-state index contributed by atoms with van der Waals surface area (Å²) in [6.45, 7) is 4.16. The van der Waals surface area contributed by atoms with Crippen molar-refractivity contribution in [2.75, 3.05) is 35.2 Å². The minimum Gasteiger partial charge on any atom is -0.396 e. The van der Waals surface area contributed by atoms with Crippen LogP contribution in [0.1, 0.15) is 12.0 Å². The van der Waals surface area contributed by atoms with Gasteiger partial charge in [0, 0.05) is 25.0 Å². The van der Waals surface area contributed by atoms with Crippen LogP contribution in [0.3, 0.4) is 0 Å². The van der Waals surface area contributed by atoms with Crippen LogP contribution < -0.4 is 10.6 Å². The summed E-state index contributed by atoms with van der Waals surface area (Å²) in [5.74, 6) is 3.39. The number of nitrogen functional groups attached to an aromatic ring is 1. The van der Waals surface area contributed by atoms with E-state index in [1.165, 1.54) is 17.9 Å². The molecular weight excluding hydrogens is 206 g/mol. The molecule has 0 unspecified atom stereocenters. The molecule has 15 heavy (non-hydrogen) atoms. The fourth-order valence-electron chi connectivity index (χ4n) is 1.81. The van der Waals surface area contributed by atoms with Crippen LogP contribution >= 0.6 is 11.8 Å². The van der Waals surface area contributed by atoms with Crippen LogP contribution in [0.15, 0.2) is 12.3 Å². The highest BCUT2D eigenvalue weighted by molar-refractivity contribution is 7.99. The normalized spacial score (nSPS) is 17.5. The number of aryl methyl sites for hydroxylation is 1. The third-order valence-corrected chi connectivity index (χ3v) is 3.60. The summed E-state index contributed by atoms with van der Waals surface area (Å²) < 4.78 is 0. The van der Waals surface area contributed by atoms with Crippen LogP contribution in [0.2, 0.25) is 0 Å². The second kappa shape index (κ2) is 4.75. The lowest BCUT2D eigenvalue weighted by Crippen LogP contribution is -2.27. The minimum absolute atomic E-state index is 0.807. The third-order valence-electron chi connectivity index (χ3n) is 2.55.